The predicted molar refractivity (Wildman–Crippen MR) is 122 cm³/mol. The Morgan fingerprint density at radius 3 is 2.62 bits per heavy atom. The highest BCUT2D eigenvalue weighted by atomic mass is 35.5. The summed E-state index contributed by atoms with van der Waals surface area (Å²) in [5.74, 6) is -1.92. The number of hydrogen-bond donors (Lipinski definition) is 1. The van der Waals surface area contributed by atoms with Crippen molar-refractivity contribution in [3.8, 4) is 5.75 Å². The SMILES string of the molecule is COc1cccc2cc(C(=O)C3=C(O)C(=O)N(c4ccc(F)c(Cl)c4)C3c3ccc(C)o3)oc12. The van der Waals surface area contributed by atoms with E-state index in [4.69, 9.17) is 25.2 Å². The van der Waals surface area contributed by atoms with Crippen LogP contribution in [-0.2, 0) is 4.79 Å². The summed E-state index contributed by atoms with van der Waals surface area (Å²) in [6, 6.07) is 12.5. The van der Waals surface area contributed by atoms with Gasteiger partial charge >= 0.3 is 0 Å². The van der Waals surface area contributed by atoms with Crippen molar-refractivity contribution in [2.45, 2.75) is 13.0 Å². The second kappa shape index (κ2) is 8.07. The highest BCUT2D eigenvalue weighted by Gasteiger charge is 2.47. The summed E-state index contributed by atoms with van der Waals surface area (Å²) in [5, 5.41) is 11.2. The minimum absolute atomic E-state index is 0.0962. The Hall–Kier alpha value is -4.04. The van der Waals surface area contributed by atoms with E-state index >= 15 is 0 Å². The Labute approximate surface area is 197 Å². The standard InChI is InChI=1S/C25H17ClFNO6/c1-12-6-9-17(33-12)21-20(22(29)19-10-13-4-3-5-18(32-2)24(13)34-19)23(30)25(31)28(21)14-7-8-16(27)15(26)11-14/h3-11,21,30H,1-2H3. The molecule has 34 heavy (non-hydrogen) atoms. The van der Waals surface area contributed by atoms with Gasteiger partial charge in [0.1, 0.15) is 23.4 Å². The zero-order valence-corrected chi connectivity index (χ0v) is 18.7. The average Bonchev–Trinajstić information content (AvgIpc) is 3.51. The van der Waals surface area contributed by atoms with Crippen LogP contribution in [0, 0.1) is 12.7 Å². The molecule has 0 spiro atoms. The van der Waals surface area contributed by atoms with Crippen molar-refractivity contribution in [3.05, 3.63) is 94.1 Å². The Morgan fingerprint density at radius 2 is 1.94 bits per heavy atom. The van der Waals surface area contributed by atoms with Crippen LogP contribution in [0.5, 0.6) is 5.75 Å². The number of ether oxygens (including phenoxy) is 1. The molecule has 1 N–H and O–H groups in total. The van der Waals surface area contributed by atoms with Crippen molar-refractivity contribution in [1.29, 1.82) is 0 Å². The lowest BCUT2D eigenvalue weighted by Gasteiger charge is -2.25. The van der Waals surface area contributed by atoms with E-state index in [0.717, 1.165) is 11.0 Å². The van der Waals surface area contributed by atoms with E-state index in [0.29, 0.717) is 22.5 Å². The Kier molecular flexibility index (Phi) is 5.17. The number of hydrogen-bond acceptors (Lipinski definition) is 6. The van der Waals surface area contributed by atoms with Crippen molar-refractivity contribution < 1.29 is 32.7 Å². The summed E-state index contributed by atoms with van der Waals surface area (Å²) in [6.45, 7) is 1.70. The highest BCUT2D eigenvalue weighted by molar-refractivity contribution is 6.31. The molecule has 5 rings (SSSR count). The van der Waals surface area contributed by atoms with Gasteiger partial charge in [0.25, 0.3) is 5.91 Å². The van der Waals surface area contributed by atoms with Crippen LogP contribution in [-0.4, -0.2) is 23.9 Å². The number of halogens is 2. The molecule has 4 aromatic rings. The highest BCUT2D eigenvalue weighted by Crippen LogP contribution is 2.43. The molecule has 0 fully saturated rings. The van der Waals surface area contributed by atoms with Crippen LogP contribution in [0.4, 0.5) is 10.1 Å². The van der Waals surface area contributed by atoms with Gasteiger partial charge in [0, 0.05) is 11.1 Å². The Bertz CT molecular complexity index is 1500. The molecular formula is C25H17ClFNO6. The second-order valence-corrected chi connectivity index (χ2v) is 8.11. The minimum Gasteiger partial charge on any atom is -0.503 e. The van der Waals surface area contributed by atoms with Gasteiger partial charge in [-0.05, 0) is 49.4 Å². The predicted octanol–water partition coefficient (Wildman–Crippen LogP) is 5.92. The molecule has 0 radical (unpaired) electrons. The number of furan rings is 2. The summed E-state index contributed by atoms with van der Waals surface area (Å²) in [7, 11) is 1.48. The van der Waals surface area contributed by atoms with E-state index in [1.807, 2.05) is 0 Å². The number of para-hydroxylation sites is 1. The fourth-order valence-electron chi connectivity index (χ4n) is 4.05. The zero-order chi connectivity index (χ0) is 24.1. The maximum atomic E-state index is 13.8. The molecule has 3 heterocycles. The lowest BCUT2D eigenvalue weighted by molar-refractivity contribution is -0.117. The number of aryl methyl sites for hydroxylation is 1. The summed E-state index contributed by atoms with van der Waals surface area (Å²) in [4.78, 5) is 27.9. The molecule has 2 aromatic carbocycles. The van der Waals surface area contributed by atoms with Gasteiger partial charge in [0.2, 0.25) is 5.78 Å². The van der Waals surface area contributed by atoms with Crippen molar-refractivity contribution in [3.63, 3.8) is 0 Å². The number of aliphatic hydroxyl groups excluding tert-OH is 1. The van der Waals surface area contributed by atoms with Crippen LogP contribution >= 0.6 is 11.6 Å². The third kappa shape index (κ3) is 3.34. The number of methoxy groups -OCH3 is 1. The number of fused-ring (bicyclic) bond motifs is 1. The van der Waals surface area contributed by atoms with Crippen LogP contribution in [0.1, 0.15) is 28.1 Å². The van der Waals surface area contributed by atoms with E-state index in [1.54, 1.807) is 37.3 Å². The quantitative estimate of drug-likeness (QED) is 0.356. The molecule has 7 nitrogen and oxygen atoms in total. The molecule has 0 saturated carbocycles. The fourth-order valence-corrected chi connectivity index (χ4v) is 4.22. The van der Waals surface area contributed by atoms with Gasteiger partial charge in [-0.25, -0.2) is 4.39 Å². The first-order valence-corrected chi connectivity index (χ1v) is 10.6. The number of rotatable bonds is 5. The third-order valence-electron chi connectivity index (χ3n) is 5.62. The maximum absolute atomic E-state index is 13.8. The number of carbonyl (C=O) groups is 2. The summed E-state index contributed by atoms with van der Waals surface area (Å²) in [5.41, 5.74) is 0.291. The molecule has 172 valence electrons. The first-order valence-electron chi connectivity index (χ1n) is 10.2. The van der Waals surface area contributed by atoms with Gasteiger partial charge < -0.3 is 18.7 Å². The number of ketones is 1. The van der Waals surface area contributed by atoms with E-state index in [9.17, 15) is 19.1 Å². The molecule has 1 aliphatic heterocycles. The number of aliphatic hydroxyl groups is 1. The Morgan fingerprint density at radius 1 is 1.15 bits per heavy atom. The molecule has 1 atom stereocenters. The zero-order valence-electron chi connectivity index (χ0n) is 18.0. The Balaban J connectivity index is 1.66. The number of Topliss-reactive ketones (excluding diaryl/α,β-unsaturated/α-hetero) is 1. The lowest BCUT2D eigenvalue weighted by Crippen LogP contribution is -2.30. The van der Waals surface area contributed by atoms with Crippen LogP contribution in [0.2, 0.25) is 5.02 Å². The molecule has 2 aromatic heterocycles. The van der Waals surface area contributed by atoms with Gasteiger partial charge in [-0.3, -0.25) is 14.5 Å². The third-order valence-corrected chi connectivity index (χ3v) is 5.91. The summed E-state index contributed by atoms with van der Waals surface area (Å²) >= 11 is 5.94. The minimum atomic E-state index is -1.13. The fraction of sp³-hybridized carbons (Fsp3) is 0.120. The summed E-state index contributed by atoms with van der Waals surface area (Å²) < 4.78 is 30.6. The van der Waals surface area contributed by atoms with Crippen LogP contribution in [0.25, 0.3) is 11.0 Å². The first kappa shape index (κ1) is 21.8. The number of anilines is 1. The van der Waals surface area contributed by atoms with Crippen molar-refractivity contribution in [2.75, 3.05) is 12.0 Å². The van der Waals surface area contributed by atoms with E-state index in [-0.39, 0.29) is 27.8 Å². The summed E-state index contributed by atoms with van der Waals surface area (Å²) in [6.07, 6.45) is 0. The second-order valence-electron chi connectivity index (χ2n) is 7.71. The molecule has 1 unspecified atom stereocenters. The lowest BCUT2D eigenvalue weighted by atomic mass is 9.99. The van der Waals surface area contributed by atoms with Crippen LogP contribution in [0.3, 0.4) is 0 Å². The average molecular weight is 482 g/mol. The van der Waals surface area contributed by atoms with Crippen LogP contribution in [0.15, 0.2) is 74.8 Å². The van der Waals surface area contributed by atoms with Gasteiger partial charge in [-0.1, -0.05) is 23.7 Å². The molecule has 0 saturated heterocycles. The number of carbonyl (C=O) groups excluding carboxylic acids is 2. The van der Waals surface area contributed by atoms with Gasteiger partial charge in [0.15, 0.2) is 22.9 Å². The normalized spacial score (nSPS) is 16.1. The molecule has 1 aliphatic rings. The van der Waals surface area contributed by atoms with E-state index in [2.05, 4.69) is 0 Å². The number of benzene rings is 2. The monoisotopic (exact) mass is 481 g/mol. The molecule has 0 aliphatic carbocycles. The van der Waals surface area contributed by atoms with Gasteiger partial charge in [0.05, 0.1) is 17.7 Å². The van der Waals surface area contributed by atoms with E-state index in [1.165, 1.54) is 25.3 Å². The van der Waals surface area contributed by atoms with Gasteiger partial charge in [-0.2, -0.15) is 0 Å². The van der Waals surface area contributed by atoms with Crippen molar-refractivity contribution >= 4 is 39.9 Å². The maximum Gasteiger partial charge on any atom is 0.294 e. The molecular weight excluding hydrogens is 465 g/mol. The smallest absolute Gasteiger partial charge is 0.294 e. The number of amides is 1. The first-order chi connectivity index (χ1) is 16.3. The topological polar surface area (TPSA) is 93.1 Å². The largest absolute Gasteiger partial charge is 0.503 e. The molecule has 1 amide bonds. The van der Waals surface area contributed by atoms with Crippen molar-refractivity contribution in [2.24, 2.45) is 0 Å². The van der Waals surface area contributed by atoms with Crippen LogP contribution < -0.4 is 9.64 Å². The van der Waals surface area contributed by atoms with Crippen molar-refractivity contribution in [1.82, 2.24) is 0 Å². The number of nitrogens with zero attached hydrogens (tertiary/aromatic N) is 1. The molecule has 0 bridgehead atoms. The van der Waals surface area contributed by atoms with Gasteiger partial charge in [-0.15, -0.1) is 0 Å². The molecule has 9 heteroatoms. The van der Waals surface area contributed by atoms with E-state index < -0.39 is 29.3 Å².